The molecular weight excluding hydrogens is 228 g/mol. The van der Waals surface area contributed by atoms with Crippen molar-refractivity contribution in [1.82, 2.24) is 5.32 Å². The molecule has 2 rings (SSSR count). The van der Waals surface area contributed by atoms with E-state index in [-0.39, 0.29) is 18.6 Å². The van der Waals surface area contributed by atoms with Crippen LogP contribution in [0, 0.1) is 0 Å². The van der Waals surface area contributed by atoms with Crippen molar-refractivity contribution in [1.29, 1.82) is 0 Å². The van der Waals surface area contributed by atoms with Crippen LogP contribution < -0.4 is 10.2 Å². The van der Waals surface area contributed by atoms with Gasteiger partial charge in [0.1, 0.15) is 6.61 Å². The zero-order chi connectivity index (χ0) is 13.0. The fourth-order valence-corrected chi connectivity index (χ4v) is 2.26. The van der Waals surface area contributed by atoms with E-state index in [0.29, 0.717) is 6.61 Å². The van der Waals surface area contributed by atoms with Gasteiger partial charge in [-0.2, -0.15) is 0 Å². The van der Waals surface area contributed by atoms with Gasteiger partial charge in [-0.3, -0.25) is 4.79 Å². The minimum Gasteiger partial charge on any atom is -0.369 e. The monoisotopic (exact) mass is 248 g/mol. The molecule has 1 fully saturated rings. The van der Waals surface area contributed by atoms with E-state index in [1.807, 2.05) is 24.1 Å². The van der Waals surface area contributed by atoms with E-state index in [1.54, 1.807) is 0 Å². The van der Waals surface area contributed by atoms with Crippen molar-refractivity contribution >= 4 is 11.6 Å². The fraction of sp³-hybridized carbons (Fsp3) is 0.500. The summed E-state index contributed by atoms with van der Waals surface area (Å²) in [6.45, 7) is 3.62. The number of rotatable bonds is 4. The van der Waals surface area contributed by atoms with E-state index in [1.165, 1.54) is 5.56 Å². The second-order valence-corrected chi connectivity index (χ2v) is 4.51. The van der Waals surface area contributed by atoms with Crippen LogP contribution in [0.4, 0.5) is 5.69 Å². The van der Waals surface area contributed by atoms with Gasteiger partial charge in [0.2, 0.25) is 0 Å². The van der Waals surface area contributed by atoms with E-state index in [2.05, 4.69) is 24.4 Å². The highest BCUT2D eigenvalue weighted by atomic mass is 16.5. The van der Waals surface area contributed by atoms with Crippen molar-refractivity contribution in [2.45, 2.75) is 19.4 Å². The first kappa shape index (κ1) is 13.1. The molecule has 0 radical (unpaired) electrons. The van der Waals surface area contributed by atoms with E-state index >= 15 is 0 Å². The van der Waals surface area contributed by atoms with Crippen LogP contribution in [0.15, 0.2) is 24.3 Å². The minimum atomic E-state index is 0.0331. The predicted octanol–water partition coefficient (Wildman–Crippen LogP) is 1.20. The standard InChI is InChI=1S/C14H20N2O2/c1-3-11-4-6-12(7-5-11)16-13(8-15-2)9-18-10-14(16)17/h4-7,13,15H,3,8-10H2,1-2H3. The molecule has 1 heterocycles. The summed E-state index contributed by atoms with van der Waals surface area (Å²) >= 11 is 0. The zero-order valence-electron chi connectivity index (χ0n) is 11.0. The first-order chi connectivity index (χ1) is 8.76. The Labute approximate surface area is 108 Å². The molecule has 1 amide bonds. The van der Waals surface area contributed by atoms with Gasteiger partial charge in [0.15, 0.2) is 0 Å². The molecule has 4 heteroatoms. The quantitative estimate of drug-likeness (QED) is 0.870. The molecule has 0 saturated carbocycles. The summed E-state index contributed by atoms with van der Waals surface area (Å²) in [5.41, 5.74) is 2.24. The Morgan fingerprint density at radius 1 is 1.39 bits per heavy atom. The number of amides is 1. The molecule has 1 aromatic rings. The summed E-state index contributed by atoms with van der Waals surface area (Å²) in [7, 11) is 1.89. The van der Waals surface area contributed by atoms with Crippen LogP contribution in [0.5, 0.6) is 0 Å². The largest absolute Gasteiger partial charge is 0.369 e. The maximum Gasteiger partial charge on any atom is 0.253 e. The number of likely N-dealkylation sites (N-methyl/N-ethyl adjacent to an activating group) is 1. The number of carbonyl (C=O) groups excluding carboxylic acids is 1. The lowest BCUT2D eigenvalue weighted by molar-refractivity contribution is -0.127. The van der Waals surface area contributed by atoms with E-state index in [0.717, 1.165) is 18.7 Å². The van der Waals surface area contributed by atoms with Gasteiger partial charge in [-0.15, -0.1) is 0 Å². The highest BCUT2D eigenvalue weighted by Crippen LogP contribution is 2.21. The first-order valence-corrected chi connectivity index (χ1v) is 6.39. The second-order valence-electron chi connectivity index (χ2n) is 4.51. The molecule has 1 saturated heterocycles. The van der Waals surface area contributed by atoms with Gasteiger partial charge in [0, 0.05) is 12.2 Å². The second kappa shape index (κ2) is 5.98. The summed E-state index contributed by atoms with van der Waals surface area (Å²) in [5, 5.41) is 3.11. The van der Waals surface area contributed by atoms with Gasteiger partial charge in [-0.25, -0.2) is 0 Å². The van der Waals surface area contributed by atoms with Gasteiger partial charge < -0.3 is 15.0 Å². The Hall–Kier alpha value is -1.39. The topological polar surface area (TPSA) is 41.6 Å². The summed E-state index contributed by atoms with van der Waals surface area (Å²) in [6.07, 6.45) is 1.01. The Kier molecular flexibility index (Phi) is 4.33. The molecule has 0 bridgehead atoms. The fourth-order valence-electron chi connectivity index (χ4n) is 2.26. The summed E-state index contributed by atoms with van der Waals surface area (Å²) in [4.78, 5) is 13.9. The van der Waals surface area contributed by atoms with Crippen LogP contribution in [0.2, 0.25) is 0 Å². The summed E-state index contributed by atoms with van der Waals surface area (Å²) in [5.74, 6) is 0.0331. The van der Waals surface area contributed by atoms with Crippen molar-refractivity contribution in [2.24, 2.45) is 0 Å². The highest BCUT2D eigenvalue weighted by Gasteiger charge is 2.29. The minimum absolute atomic E-state index is 0.0331. The average molecular weight is 248 g/mol. The molecule has 1 atom stereocenters. The van der Waals surface area contributed by atoms with Crippen molar-refractivity contribution in [2.75, 3.05) is 31.7 Å². The number of aryl methyl sites for hydroxylation is 1. The average Bonchev–Trinajstić information content (AvgIpc) is 2.40. The Bertz CT molecular complexity index is 401. The number of carbonyl (C=O) groups is 1. The Morgan fingerprint density at radius 2 is 2.11 bits per heavy atom. The van der Waals surface area contributed by atoms with Crippen molar-refractivity contribution in [3.8, 4) is 0 Å². The number of benzene rings is 1. The third-order valence-corrected chi connectivity index (χ3v) is 3.23. The third-order valence-electron chi connectivity index (χ3n) is 3.23. The van der Waals surface area contributed by atoms with E-state index < -0.39 is 0 Å². The Balaban J connectivity index is 2.22. The summed E-state index contributed by atoms with van der Waals surface area (Å²) < 4.78 is 5.31. The van der Waals surface area contributed by atoms with Crippen molar-refractivity contribution in [3.63, 3.8) is 0 Å². The number of nitrogens with zero attached hydrogens (tertiary/aromatic N) is 1. The van der Waals surface area contributed by atoms with Gasteiger partial charge in [-0.1, -0.05) is 19.1 Å². The van der Waals surface area contributed by atoms with E-state index in [4.69, 9.17) is 4.74 Å². The number of morpholine rings is 1. The smallest absolute Gasteiger partial charge is 0.253 e. The molecule has 98 valence electrons. The molecule has 18 heavy (non-hydrogen) atoms. The molecule has 1 aromatic carbocycles. The van der Waals surface area contributed by atoms with Gasteiger partial charge in [0.05, 0.1) is 12.6 Å². The highest BCUT2D eigenvalue weighted by molar-refractivity contribution is 5.95. The molecule has 4 nitrogen and oxygen atoms in total. The van der Waals surface area contributed by atoms with Crippen molar-refractivity contribution in [3.05, 3.63) is 29.8 Å². The third kappa shape index (κ3) is 2.71. The maximum atomic E-state index is 12.0. The number of hydrogen-bond donors (Lipinski definition) is 1. The molecule has 1 aliphatic heterocycles. The molecule has 1 unspecified atom stereocenters. The van der Waals surface area contributed by atoms with Crippen LogP contribution in [0.3, 0.4) is 0 Å². The van der Waals surface area contributed by atoms with Gasteiger partial charge in [0.25, 0.3) is 5.91 Å². The molecule has 1 N–H and O–H groups in total. The van der Waals surface area contributed by atoms with Crippen LogP contribution >= 0.6 is 0 Å². The van der Waals surface area contributed by atoms with Crippen LogP contribution in [0.1, 0.15) is 12.5 Å². The predicted molar refractivity (Wildman–Crippen MR) is 71.8 cm³/mol. The van der Waals surface area contributed by atoms with Crippen LogP contribution in [-0.2, 0) is 16.0 Å². The molecule has 0 aliphatic carbocycles. The molecule has 0 aromatic heterocycles. The molecule has 1 aliphatic rings. The lowest BCUT2D eigenvalue weighted by Crippen LogP contribution is -2.53. The normalized spacial score (nSPS) is 20.2. The summed E-state index contributed by atoms with van der Waals surface area (Å²) in [6, 6.07) is 8.27. The first-order valence-electron chi connectivity index (χ1n) is 6.39. The van der Waals surface area contributed by atoms with E-state index in [9.17, 15) is 4.79 Å². The van der Waals surface area contributed by atoms with Crippen LogP contribution in [-0.4, -0.2) is 38.8 Å². The lowest BCUT2D eigenvalue weighted by Gasteiger charge is -2.35. The Morgan fingerprint density at radius 3 is 2.72 bits per heavy atom. The van der Waals surface area contributed by atoms with Gasteiger partial charge >= 0.3 is 0 Å². The number of ether oxygens (including phenoxy) is 1. The molecule has 0 spiro atoms. The molecular formula is C14H20N2O2. The SMILES string of the molecule is CCc1ccc(N2C(=O)COCC2CNC)cc1. The van der Waals surface area contributed by atoms with Gasteiger partial charge in [-0.05, 0) is 31.2 Å². The van der Waals surface area contributed by atoms with Crippen molar-refractivity contribution < 1.29 is 9.53 Å². The lowest BCUT2D eigenvalue weighted by atomic mass is 10.1. The number of anilines is 1. The maximum absolute atomic E-state index is 12.0. The number of nitrogens with one attached hydrogen (secondary N) is 1. The zero-order valence-corrected chi connectivity index (χ0v) is 11.0. The van der Waals surface area contributed by atoms with Crippen LogP contribution in [0.25, 0.3) is 0 Å². The number of hydrogen-bond acceptors (Lipinski definition) is 3.